The van der Waals surface area contributed by atoms with E-state index in [-0.39, 0.29) is 0 Å². The largest absolute Gasteiger partial charge is 0.228 e. The van der Waals surface area contributed by atoms with Gasteiger partial charge in [-0.25, -0.2) is 19.9 Å². The molecular formula is C74H42N4S4. The van der Waals surface area contributed by atoms with E-state index in [0.29, 0.717) is 11.6 Å². The predicted octanol–water partition coefficient (Wildman–Crippen LogP) is 22.1. The minimum Gasteiger partial charge on any atom is -0.228 e. The van der Waals surface area contributed by atoms with Crippen LogP contribution < -0.4 is 0 Å². The highest BCUT2D eigenvalue weighted by atomic mass is 32.1. The van der Waals surface area contributed by atoms with Crippen LogP contribution in [0, 0.1) is 0 Å². The monoisotopic (exact) mass is 1110 g/mol. The van der Waals surface area contributed by atoms with Gasteiger partial charge in [-0.3, -0.25) is 0 Å². The van der Waals surface area contributed by atoms with Crippen molar-refractivity contribution in [1.29, 1.82) is 0 Å². The average Bonchev–Trinajstić information content (AvgIpc) is 4.30. The van der Waals surface area contributed by atoms with Gasteiger partial charge in [-0.2, -0.15) is 0 Å². The number of thiophene rings is 4. The summed E-state index contributed by atoms with van der Waals surface area (Å²) in [6.07, 6.45) is 0. The molecule has 0 saturated carbocycles. The fourth-order valence-electron chi connectivity index (χ4n) is 11.9. The molecule has 4 nitrogen and oxygen atoms in total. The molecule has 0 bridgehead atoms. The van der Waals surface area contributed by atoms with Gasteiger partial charge in [-0.15, -0.1) is 45.3 Å². The van der Waals surface area contributed by atoms with Crippen molar-refractivity contribution in [2.24, 2.45) is 0 Å². The predicted molar refractivity (Wildman–Crippen MR) is 353 cm³/mol. The van der Waals surface area contributed by atoms with Crippen molar-refractivity contribution in [2.75, 3.05) is 0 Å². The molecule has 0 saturated heterocycles. The highest BCUT2D eigenvalue weighted by molar-refractivity contribution is 7.26. The van der Waals surface area contributed by atoms with Gasteiger partial charge >= 0.3 is 0 Å². The number of hydrogen-bond donors (Lipinski definition) is 0. The molecule has 11 aromatic carbocycles. The zero-order chi connectivity index (χ0) is 53.8. The number of aromatic nitrogens is 4. The molecular weight excluding hydrogens is 1070 g/mol. The molecule has 8 heteroatoms. The van der Waals surface area contributed by atoms with Crippen molar-refractivity contribution in [2.45, 2.75) is 0 Å². The van der Waals surface area contributed by atoms with Crippen LogP contribution in [-0.4, -0.2) is 19.9 Å². The van der Waals surface area contributed by atoms with E-state index >= 15 is 0 Å². The van der Waals surface area contributed by atoms with E-state index in [1.807, 2.05) is 22.7 Å². The zero-order valence-electron chi connectivity index (χ0n) is 43.7. The van der Waals surface area contributed by atoms with Crippen LogP contribution in [0.15, 0.2) is 255 Å². The first-order chi connectivity index (χ1) is 40.5. The normalized spacial score (nSPS) is 11.9. The molecule has 0 radical (unpaired) electrons. The quantitative estimate of drug-likeness (QED) is 0.152. The molecule has 0 unspecified atom stereocenters. The average molecular weight is 1120 g/mol. The third-order valence-corrected chi connectivity index (χ3v) is 20.5. The first-order valence-electron chi connectivity index (χ1n) is 27.3. The number of nitrogens with zero attached hydrogens (tertiary/aromatic N) is 4. The summed E-state index contributed by atoms with van der Waals surface area (Å²) in [6.45, 7) is 0. The van der Waals surface area contributed by atoms with Gasteiger partial charge in [0.05, 0.1) is 32.5 Å². The van der Waals surface area contributed by atoms with Crippen molar-refractivity contribution < 1.29 is 0 Å². The van der Waals surface area contributed by atoms with Crippen LogP contribution in [0.25, 0.3) is 171 Å². The minimum absolute atomic E-state index is 0.703. The Bertz CT molecular complexity index is 5370. The molecule has 6 heterocycles. The Morgan fingerprint density at radius 3 is 1.41 bits per heavy atom. The molecule has 0 N–H and O–H groups in total. The van der Waals surface area contributed by atoms with Gasteiger partial charge in [0.1, 0.15) is 0 Å². The second kappa shape index (κ2) is 19.1. The topological polar surface area (TPSA) is 51.6 Å². The van der Waals surface area contributed by atoms with E-state index in [4.69, 9.17) is 19.9 Å². The highest BCUT2D eigenvalue weighted by Crippen LogP contribution is 2.46. The molecule has 0 aliphatic heterocycles. The Morgan fingerprint density at radius 1 is 0.220 bits per heavy atom. The van der Waals surface area contributed by atoms with E-state index in [1.165, 1.54) is 98.9 Å². The summed E-state index contributed by atoms with van der Waals surface area (Å²) in [7, 11) is 0. The van der Waals surface area contributed by atoms with E-state index in [9.17, 15) is 0 Å². The zero-order valence-corrected chi connectivity index (χ0v) is 46.9. The van der Waals surface area contributed by atoms with E-state index < -0.39 is 0 Å². The van der Waals surface area contributed by atoms with Crippen molar-refractivity contribution in [3.63, 3.8) is 0 Å². The minimum atomic E-state index is 0.703. The van der Waals surface area contributed by atoms with Gasteiger partial charge in [0.15, 0.2) is 11.6 Å². The summed E-state index contributed by atoms with van der Waals surface area (Å²) >= 11 is 7.20. The molecule has 0 atom stereocenters. The molecule has 0 aliphatic carbocycles. The summed E-state index contributed by atoms with van der Waals surface area (Å²) in [4.78, 5) is 23.8. The van der Waals surface area contributed by atoms with Crippen molar-refractivity contribution >= 4 is 127 Å². The highest BCUT2D eigenvalue weighted by Gasteiger charge is 2.21. The lowest BCUT2D eigenvalue weighted by Crippen LogP contribution is -1.96. The van der Waals surface area contributed by atoms with Gasteiger partial charge < -0.3 is 0 Å². The van der Waals surface area contributed by atoms with Gasteiger partial charge in [-0.05, 0) is 116 Å². The molecule has 382 valence electrons. The third kappa shape index (κ3) is 8.05. The standard InChI is InChI=1S/C74H42N4S4/c1-2-13-43(14-3-1)44-25-26-46-36-47(28-27-45(46)35-44)61-41-63(70-37-48-15-4-9-22-65(48)79-70)77-73(75-61)51-30-32-58-60-21-12-20-59(72(60)82-69(58)40-51)54-33-34-55(53-18-7-6-17-52(53)54)62-42-64(71-38-49-16-5-10-23-66(49)80-71)78-74(76-62)50-29-31-57-56-19-8-11-24-67(56)81-68(57)39-50/h1-42H. The fourth-order valence-corrected chi connectivity index (χ4v) is 16.4. The van der Waals surface area contributed by atoms with Crippen LogP contribution in [0.3, 0.4) is 0 Å². The maximum atomic E-state index is 5.45. The van der Waals surface area contributed by atoms with E-state index in [1.54, 1.807) is 22.7 Å². The number of fused-ring (bicyclic) bond motifs is 10. The summed E-state index contributed by atoms with van der Waals surface area (Å²) in [6, 6.07) is 92.2. The molecule has 17 aromatic rings. The Kier molecular flexibility index (Phi) is 11.0. The summed E-state index contributed by atoms with van der Waals surface area (Å²) in [5.74, 6) is 1.42. The maximum Gasteiger partial charge on any atom is 0.160 e. The van der Waals surface area contributed by atoms with Gasteiger partial charge in [0.25, 0.3) is 0 Å². The Balaban J connectivity index is 0.777. The molecule has 0 fully saturated rings. The molecule has 17 rings (SSSR count). The number of hydrogen-bond acceptors (Lipinski definition) is 8. The molecule has 0 aliphatic rings. The van der Waals surface area contributed by atoms with Crippen LogP contribution >= 0.6 is 45.3 Å². The summed E-state index contributed by atoms with van der Waals surface area (Å²) in [5, 5.41) is 12.1. The van der Waals surface area contributed by atoms with Gasteiger partial charge in [0, 0.05) is 77.6 Å². The van der Waals surface area contributed by atoms with Crippen LogP contribution in [0.5, 0.6) is 0 Å². The Labute approximate surface area is 487 Å². The van der Waals surface area contributed by atoms with Gasteiger partial charge in [-0.1, -0.05) is 188 Å². The van der Waals surface area contributed by atoms with Gasteiger partial charge in [0.2, 0.25) is 0 Å². The Hall–Kier alpha value is -9.54. The number of benzene rings is 11. The summed E-state index contributed by atoms with van der Waals surface area (Å²) < 4.78 is 7.42. The van der Waals surface area contributed by atoms with E-state index in [2.05, 4.69) is 255 Å². The lowest BCUT2D eigenvalue weighted by molar-refractivity contribution is 1.19. The lowest BCUT2D eigenvalue weighted by atomic mass is 9.93. The molecule has 0 amide bonds. The van der Waals surface area contributed by atoms with E-state index in [0.717, 1.165) is 60.2 Å². The second-order valence-electron chi connectivity index (χ2n) is 20.9. The lowest BCUT2D eigenvalue weighted by Gasteiger charge is -2.14. The van der Waals surface area contributed by atoms with Crippen LogP contribution in [-0.2, 0) is 0 Å². The third-order valence-electron chi connectivity index (χ3n) is 15.9. The maximum absolute atomic E-state index is 5.45. The van der Waals surface area contributed by atoms with Crippen molar-refractivity contribution in [1.82, 2.24) is 19.9 Å². The molecule has 0 spiro atoms. The first kappa shape index (κ1) is 47.3. The van der Waals surface area contributed by atoms with Crippen LogP contribution in [0.4, 0.5) is 0 Å². The van der Waals surface area contributed by atoms with Crippen molar-refractivity contribution in [3.8, 4) is 88.7 Å². The number of rotatable bonds is 8. The van der Waals surface area contributed by atoms with Crippen LogP contribution in [0.2, 0.25) is 0 Å². The fraction of sp³-hybridized carbons (Fsp3) is 0. The smallest absolute Gasteiger partial charge is 0.160 e. The molecule has 6 aromatic heterocycles. The summed E-state index contributed by atoms with van der Waals surface area (Å²) in [5.41, 5.74) is 12.5. The Morgan fingerprint density at radius 2 is 0.720 bits per heavy atom. The SMILES string of the molecule is c1ccc(-c2ccc3cc(-c4cc(-c5cc6ccccc6s5)nc(-c5ccc6c(c5)sc5c(-c7ccc(-c8cc(-c9cc%10ccccc%10s9)nc(-c9ccc%10c(c9)sc9ccccc9%10)n8)c8ccccc78)cccc56)n4)ccc3c2)cc1. The van der Waals surface area contributed by atoms with Crippen LogP contribution in [0.1, 0.15) is 0 Å². The van der Waals surface area contributed by atoms with Crippen molar-refractivity contribution in [3.05, 3.63) is 255 Å². The first-order valence-corrected chi connectivity index (χ1v) is 30.6. The second-order valence-corrected chi connectivity index (χ2v) is 25.2. The molecule has 82 heavy (non-hydrogen) atoms.